The number of aryl methyl sites for hydroxylation is 2. The SMILES string of the molecule is CCn1cc(CN2CCC[C@@H](c3cc4cccnc4[nH]3)C2)c(C)n1. The van der Waals surface area contributed by atoms with Crippen LogP contribution in [0.2, 0.25) is 0 Å². The fourth-order valence-corrected chi connectivity index (χ4v) is 3.77. The van der Waals surface area contributed by atoms with Crippen molar-refractivity contribution in [2.24, 2.45) is 0 Å². The van der Waals surface area contributed by atoms with Crippen LogP contribution < -0.4 is 0 Å². The van der Waals surface area contributed by atoms with E-state index in [0.29, 0.717) is 5.92 Å². The zero-order chi connectivity index (χ0) is 16.5. The summed E-state index contributed by atoms with van der Waals surface area (Å²) in [5.74, 6) is 0.564. The quantitative estimate of drug-likeness (QED) is 0.800. The molecular weight excluding hydrogens is 298 g/mol. The predicted octanol–water partition coefficient (Wildman–Crippen LogP) is 3.47. The fourth-order valence-electron chi connectivity index (χ4n) is 3.77. The molecule has 1 aliphatic rings. The van der Waals surface area contributed by atoms with Gasteiger partial charge in [-0.15, -0.1) is 0 Å². The summed E-state index contributed by atoms with van der Waals surface area (Å²) in [6.07, 6.45) is 6.54. The number of rotatable bonds is 4. The molecule has 1 aliphatic heterocycles. The van der Waals surface area contributed by atoms with Gasteiger partial charge in [0.25, 0.3) is 0 Å². The predicted molar refractivity (Wildman–Crippen MR) is 96.0 cm³/mol. The lowest BCUT2D eigenvalue weighted by Crippen LogP contribution is -2.34. The van der Waals surface area contributed by atoms with E-state index in [-0.39, 0.29) is 0 Å². The van der Waals surface area contributed by atoms with Crippen LogP contribution in [0, 0.1) is 6.92 Å². The van der Waals surface area contributed by atoms with Gasteiger partial charge in [0, 0.05) is 54.6 Å². The molecule has 3 aromatic heterocycles. The number of pyridine rings is 1. The number of aromatic amines is 1. The van der Waals surface area contributed by atoms with E-state index in [1.165, 1.54) is 36.0 Å². The molecule has 0 unspecified atom stereocenters. The van der Waals surface area contributed by atoms with Crippen LogP contribution in [-0.2, 0) is 13.1 Å². The molecule has 0 aliphatic carbocycles. The van der Waals surface area contributed by atoms with Gasteiger partial charge in [0.2, 0.25) is 0 Å². The summed E-state index contributed by atoms with van der Waals surface area (Å²) in [5, 5.41) is 5.79. The Kier molecular flexibility index (Phi) is 4.10. The van der Waals surface area contributed by atoms with E-state index in [4.69, 9.17) is 0 Å². The third kappa shape index (κ3) is 2.96. The van der Waals surface area contributed by atoms with Crippen LogP contribution in [0.4, 0.5) is 0 Å². The van der Waals surface area contributed by atoms with E-state index in [1.807, 2.05) is 16.9 Å². The molecule has 4 rings (SSSR count). The molecule has 1 N–H and O–H groups in total. The molecule has 0 saturated carbocycles. The first-order valence-corrected chi connectivity index (χ1v) is 8.92. The molecule has 4 heterocycles. The Labute approximate surface area is 142 Å². The van der Waals surface area contributed by atoms with Gasteiger partial charge in [0.05, 0.1) is 5.69 Å². The minimum Gasteiger partial charge on any atom is -0.343 e. The first-order chi connectivity index (χ1) is 11.7. The smallest absolute Gasteiger partial charge is 0.137 e. The molecule has 24 heavy (non-hydrogen) atoms. The van der Waals surface area contributed by atoms with Crippen LogP contribution >= 0.6 is 0 Å². The largest absolute Gasteiger partial charge is 0.343 e. The maximum Gasteiger partial charge on any atom is 0.137 e. The second-order valence-electron chi connectivity index (χ2n) is 6.84. The molecule has 5 nitrogen and oxygen atoms in total. The lowest BCUT2D eigenvalue weighted by Gasteiger charge is -2.32. The summed E-state index contributed by atoms with van der Waals surface area (Å²) in [6.45, 7) is 8.46. The van der Waals surface area contributed by atoms with Crippen molar-refractivity contribution in [3.63, 3.8) is 0 Å². The van der Waals surface area contributed by atoms with Gasteiger partial charge in [-0.1, -0.05) is 0 Å². The minimum atomic E-state index is 0.564. The van der Waals surface area contributed by atoms with Crippen molar-refractivity contribution in [2.75, 3.05) is 13.1 Å². The first kappa shape index (κ1) is 15.4. The molecule has 1 atom stereocenters. The van der Waals surface area contributed by atoms with Crippen LogP contribution in [0.25, 0.3) is 11.0 Å². The average Bonchev–Trinajstić information content (AvgIpc) is 3.19. The Balaban J connectivity index is 1.49. The van der Waals surface area contributed by atoms with E-state index in [9.17, 15) is 0 Å². The zero-order valence-electron chi connectivity index (χ0n) is 14.5. The molecule has 1 fully saturated rings. The number of piperidine rings is 1. The van der Waals surface area contributed by atoms with Gasteiger partial charge in [-0.05, 0) is 51.4 Å². The summed E-state index contributed by atoms with van der Waals surface area (Å²) < 4.78 is 2.04. The van der Waals surface area contributed by atoms with E-state index in [2.05, 4.69) is 52.1 Å². The normalized spacial score (nSPS) is 19.2. The number of H-pyrrole nitrogens is 1. The Morgan fingerprint density at radius 1 is 1.38 bits per heavy atom. The van der Waals surface area contributed by atoms with E-state index in [1.54, 1.807) is 0 Å². The van der Waals surface area contributed by atoms with Crippen molar-refractivity contribution in [1.82, 2.24) is 24.6 Å². The van der Waals surface area contributed by atoms with Gasteiger partial charge < -0.3 is 4.98 Å². The summed E-state index contributed by atoms with van der Waals surface area (Å²) in [4.78, 5) is 10.5. The Hall–Kier alpha value is -2.14. The molecular formula is C19H25N5. The van der Waals surface area contributed by atoms with Crippen molar-refractivity contribution in [3.05, 3.63) is 47.5 Å². The molecule has 0 bridgehead atoms. The summed E-state index contributed by atoms with van der Waals surface area (Å²) in [5.41, 5.74) is 4.85. The van der Waals surface area contributed by atoms with Gasteiger partial charge in [0.1, 0.15) is 5.65 Å². The molecule has 0 spiro atoms. The number of aromatic nitrogens is 4. The molecule has 5 heteroatoms. The lowest BCUT2D eigenvalue weighted by molar-refractivity contribution is 0.198. The van der Waals surface area contributed by atoms with E-state index in [0.717, 1.165) is 31.0 Å². The topological polar surface area (TPSA) is 49.7 Å². The number of nitrogens with zero attached hydrogens (tertiary/aromatic N) is 4. The number of hydrogen-bond acceptors (Lipinski definition) is 3. The highest BCUT2D eigenvalue weighted by Gasteiger charge is 2.23. The third-order valence-corrected chi connectivity index (χ3v) is 5.12. The Morgan fingerprint density at radius 3 is 3.08 bits per heavy atom. The van der Waals surface area contributed by atoms with E-state index >= 15 is 0 Å². The Bertz CT molecular complexity index is 798. The van der Waals surface area contributed by atoms with Gasteiger partial charge in [0.15, 0.2) is 0 Å². The van der Waals surface area contributed by atoms with Crippen LogP contribution in [0.5, 0.6) is 0 Å². The van der Waals surface area contributed by atoms with Crippen molar-refractivity contribution >= 4 is 11.0 Å². The third-order valence-electron chi connectivity index (χ3n) is 5.12. The second kappa shape index (κ2) is 6.40. The summed E-state index contributed by atoms with van der Waals surface area (Å²) in [7, 11) is 0. The molecule has 126 valence electrons. The minimum absolute atomic E-state index is 0.564. The van der Waals surface area contributed by atoms with Crippen molar-refractivity contribution < 1.29 is 0 Å². The highest BCUT2D eigenvalue weighted by molar-refractivity contribution is 5.76. The molecule has 1 saturated heterocycles. The number of hydrogen-bond donors (Lipinski definition) is 1. The number of fused-ring (bicyclic) bond motifs is 1. The molecule has 0 radical (unpaired) electrons. The Morgan fingerprint density at radius 2 is 2.29 bits per heavy atom. The van der Waals surface area contributed by atoms with Crippen LogP contribution in [-0.4, -0.2) is 37.7 Å². The fraction of sp³-hybridized carbons (Fsp3) is 0.474. The first-order valence-electron chi connectivity index (χ1n) is 8.92. The van der Waals surface area contributed by atoms with Crippen molar-refractivity contribution in [2.45, 2.75) is 45.7 Å². The maximum absolute atomic E-state index is 4.58. The highest BCUT2D eigenvalue weighted by Crippen LogP contribution is 2.29. The average molecular weight is 323 g/mol. The van der Waals surface area contributed by atoms with Crippen molar-refractivity contribution in [3.8, 4) is 0 Å². The molecule has 0 aromatic carbocycles. The zero-order valence-corrected chi connectivity index (χ0v) is 14.5. The van der Waals surface area contributed by atoms with Crippen LogP contribution in [0.15, 0.2) is 30.6 Å². The summed E-state index contributed by atoms with van der Waals surface area (Å²) in [6, 6.07) is 6.41. The van der Waals surface area contributed by atoms with Gasteiger partial charge in [-0.25, -0.2) is 4.98 Å². The lowest BCUT2D eigenvalue weighted by atomic mass is 9.94. The molecule has 0 amide bonds. The van der Waals surface area contributed by atoms with Gasteiger partial charge >= 0.3 is 0 Å². The highest BCUT2D eigenvalue weighted by atomic mass is 15.3. The van der Waals surface area contributed by atoms with E-state index < -0.39 is 0 Å². The van der Waals surface area contributed by atoms with Crippen molar-refractivity contribution in [1.29, 1.82) is 0 Å². The standard InChI is InChI=1S/C19H25N5/c1-3-24-13-17(14(2)22-24)12-23-9-5-7-16(11-23)18-10-15-6-4-8-20-19(15)21-18/h4,6,8,10,13,16H,3,5,7,9,11-12H2,1-2H3,(H,20,21)/t16-/m1/s1. The molecule has 3 aromatic rings. The van der Waals surface area contributed by atoms with Gasteiger partial charge in [-0.3, -0.25) is 9.58 Å². The number of nitrogens with one attached hydrogen (secondary N) is 1. The maximum atomic E-state index is 4.58. The summed E-state index contributed by atoms with van der Waals surface area (Å²) >= 11 is 0. The monoisotopic (exact) mass is 323 g/mol. The van der Waals surface area contributed by atoms with Crippen LogP contribution in [0.3, 0.4) is 0 Å². The second-order valence-corrected chi connectivity index (χ2v) is 6.84. The van der Waals surface area contributed by atoms with Gasteiger partial charge in [-0.2, -0.15) is 5.10 Å². The van der Waals surface area contributed by atoms with Crippen LogP contribution in [0.1, 0.15) is 42.6 Å². The number of likely N-dealkylation sites (tertiary alicyclic amines) is 1.